The van der Waals surface area contributed by atoms with Gasteiger partial charge in [0.15, 0.2) is 0 Å². The molecule has 1 N–H and O–H groups in total. The van der Waals surface area contributed by atoms with Crippen molar-refractivity contribution in [1.29, 1.82) is 0 Å². The lowest BCUT2D eigenvalue weighted by Crippen LogP contribution is -2.37. The van der Waals surface area contributed by atoms with Gasteiger partial charge in [0.2, 0.25) is 0 Å². The van der Waals surface area contributed by atoms with Crippen LogP contribution in [0.15, 0.2) is 24.3 Å². The Kier molecular flexibility index (Phi) is 39.1. The smallest absolute Gasteiger partial charge is 0.457 e. The lowest BCUT2D eigenvalue weighted by atomic mass is 10.0. The first-order valence-electron chi connectivity index (χ1n) is 23.1. The molecule has 0 aromatic rings. The van der Waals surface area contributed by atoms with Crippen molar-refractivity contribution in [3.05, 3.63) is 24.3 Å². The number of quaternary nitrogens is 1. The number of likely N-dealkylation sites (N-methyl/N-ethyl adjacent to an activating group) is 1. The van der Waals surface area contributed by atoms with Gasteiger partial charge in [-0.1, -0.05) is 179 Å². The van der Waals surface area contributed by atoms with E-state index in [1.165, 1.54) is 148 Å². The molecule has 0 saturated carbocycles. The topological polar surface area (TPSA) is 91.3 Å². The van der Waals surface area contributed by atoms with Gasteiger partial charge in [0, 0.05) is 13.0 Å². The number of unbranched alkanes of at least 4 members (excludes halogenated alkanes) is 25. The molecular weight excluding hydrogens is 709 g/mol. The van der Waals surface area contributed by atoms with E-state index in [-0.39, 0.29) is 25.8 Å². The number of carbonyl (C=O) groups is 1. The number of rotatable bonds is 43. The second-order valence-electron chi connectivity index (χ2n) is 16.8. The lowest BCUT2D eigenvalue weighted by Gasteiger charge is -2.24. The van der Waals surface area contributed by atoms with Crippen LogP contribution in [0.3, 0.4) is 0 Å². The average Bonchev–Trinajstić information content (AvgIpc) is 3.13. The summed E-state index contributed by atoms with van der Waals surface area (Å²) in [6.45, 7) is 5.62. The largest absolute Gasteiger partial charge is 0.472 e. The van der Waals surface area contributed by atoms with Gasteiger partial charge in [-0.05, 0) is 44.9 Å². The van der Waals surface area contributed by atoms with Crippen LogP contribution in [0.1, 0.15) is 206 Å². The molecule has 2 unspecified atom stereocenters. The number of allylic oxidation sites excluding steroid dienone is 4. The molecule has 55 heavy (non-hydrogen) atoms. The molecule has 326 valence electrons. The Morgan fingerprint density at radius 3 is 1.49 bits per heavy atom. The second kappa shape index (κ2) is 39.8. The third-order valence-corrected chi connectivity index (χ3v) is 11.0. The minimum Gasteiger partial charge on any atom is -0.457 e. The van der Waals surface area contributed by atoms with Crippen LogP contribution < -0.4 is 0 Å². The van der Waals surface area contributed by atoms with Gasteiger partial charge < -0.3 is 18.9 Å². The van der Waals surface area contributed by atoms with Gasteiger partial charge >= 0.3 is 13.8 Å². The molecule has 0 heterocycles. The number of carbonyl (C=O) groups excluding carboxylic acids is 1. The number of hydrogen-bond donors (Lipinski definition) is 1. The van der Waals surface area contributed by atoms with Crippen molar-refractivity contribution in [2.45, 2.75) is 213 Å². The minimum absolute atomic E-state index is 0.0894. The molecule has 0 radical (unpaired) electrons. The molecule has 2 atom stereocenters. The Morgan fingerprint density at radius 1 is 0.564 bits per heavy atom. The summed E-state index contributed by atoms with van der Waals surface area (Å²) in [5, 5.41) is 0. The number of phosphoric ester groups is 1. The van der Waals surface area contributed by atoms with Crippen LogP contribution in [0.4, 0.5) is 0 Å². The zero-order valence-electron chi connectivity index (χ0n) is 36.9. The van der Waals surface area contributed by atoms with Crippen molar-refractivity contribution in [1.82, 2.24) is 0 Å². The molecule has 0 fully saturated rings. The third-order valence-electron chi connectivity index (χ3n) is 10.0. The standard InChI is InChI=1S/C46H90NO7P/c1-6-8-10-12-14-16-18-20-22-23-24-25-26-28-30-32-34-36-38-41-51-43-45(44-53-55(49,50)52-42-40-47(3,4)5)54-46(48)39-37-35-33-31-29-27-21-19-17-15-13-11-9-7-2/h16,18,22-23,45H,6-15,17,19-21,24-44H2,1-5H3/p+1/b18-16-,23-22-. The molecule has 8 nitrogen and oxygen atoms in total. The summed E-state index contributed by atoms with van der Waals surface area (Å²) in [6.07, 6.45) is 44.9. The average molecular weight is 801 g/mol. The van der Waals surface area contributed by atoms with Gasteiger partial charge in [0.05, 0.1) is 34.4 Å². The maximum absolute atomic E-state index is 12.7. The van der Waals surface area contributed by atoms with E-state index in [2.05, 4.69) is 38.2 Å². The summed E-state index contributed by atoms with van der Waals surface area (Å²) in [5.74, 6) is -0.313. The summed E-state index contributed by atoms with van der Waals surface area (Å²) in [6, 6.07) is 0. The van der Waals surface area contributed by atoms with Gasteiger partial charge in [-0.3, -0.25) is 13.8 Å². The maximum atomic E-state index is 12.7. The van der Waals surface area contributed by atoms with Crippen LogP contribution >= 0.6 is 7.82 Å². The monoisotopic (exact) mass is 801 g/mol. The van der Waals surface area contributed by atoms with E-state index < -0.39 is 13.9 Å². The number of ether oxygens (including phenoxy) is 2. The summed E-state index contributed by atoms with van der Waals surface area (Å²) in [5.41, 5.74) is 0. The first-order valence-corrected chi connectivity index (χ1v) is 24.6. The summed E-state index contributed by atoms with van der Waals surface area (Å²) < 4.78 is 35.0. The van der Waals surface area contributed by atoms with E-state index in [0.29, 0.717) is 24.1 Å². The zero-order valence-corrected chi connectivity index (χ0v) is 37.8. The second-order valence-corrected chi connectivity index (χ2v) is 18.2. The highest BCUT2D eigenvalue weighted by Crippen LogP contribution is 2.43. The van der Waals surface area contributed by atoms with Crippen molar-refractivity contribution in [2.75, 3.05) is 54.1 Å². The van der Waals surface area contributed by atoms with E-state index in [4.69, 9.17) is 18.5 Å². The summed E-state index contributed by atoms with van der Waals surface area (Å²) >= 11 is 0. The quantitative estimate of drug-likeness (QED) is 0.0216. The highest BCUT2D eigenvalue weighted by atomic mass is 31.2. The van der Waals surface area contributed by atoms with E-state index in [1.54, 1.807) is 0 Å². The Hall–Kier alpha value is -1.02. The Labute approximate surface area is 341 Å². The molecule has 0 rings (SSSR count). The molecule has 0 aromatic carbocycles. The Balaban J connectivity index is 4.18. The van der Waals surface area contributed by atoms with Gasteiger partial charge in [-0.2, -0.15) is 0 Å². The van der Waals surface area contributed by atoms with Crippen molar-refractivity contribution < 1.29 is 37.3 Å². The van der Waals surface area contributed by atoms with Crippen molar-refractivity contribution in [3.63, 3.8) is 0 Å². The summed E-state index contributed by atoms with van der Waals surface area (Å²) in [4.78, 5) is 22.9. The molecule has 0 spiro atoms. The lowest BCUT2D eigenvalue weighted by molar-refractivity contribution is -0.870. The molecule has 0 aliphatic heterocycles. The fourth-order valence-electron chi connectivity index (χ4n) is 6.41. The highest BCUT2D eigenvalue weighted by molar-refractivity contribution is 7.47. The van der Waals surface area contributed by atoms with Crippen molar-refractivity contribution in [2.24, 2.45) is 0 Å². The summed E-state index contributed by atoms with van der Waals surface area (Å²) in [7, 11) is 1.67. The first-order chi connectivity index (χ1) is 26.6. The van der Waals surface area contributed by atoms with Crippen LogP contribution in [0.5, 0.6) is 0 Å². The number of phosphoric acid groups is 1. The van der Waals surface area contributed by atoms with Crippen molar-refractivity contribution >= 4 is 13.8 Å². The number of hydrogen-bond acceptors (Lipinski definition) is 6. The first kappa shape index (κ1) is 54.0. The van der Waals surface area contributed by atoms with E-state index >= 15 is 0 Å². The van der Waals surface area contributed by atoms with Crippen molar-refractivity contribution in [3.8, 4) is 0 Å². The molecule has 9 heteroatoms. The predicted molar refractivity (Wildman–Crippen MR) is 233 cm³/mol. The number of nitrogens with zero attached hydrogens (tertiary/aromatic N) is 1. The van der Waals surface area contributed by atoms with Crippen LogP contribution in [-0.4, -0.2) is 75.6 Å². The van der Waals surface area contributed by atoms with Crippen LogP contribution in [-0.2, 0) is 27.9 Å². The van der Waals surface area contributed by atoms with Gasteiger partial charge in [-0.15, -0.1) is 0 Å². The van der Waals surface area contributed by atoms with Crippen LogP contribution in [0.25, 0.3) is 0 Å². The third kappa shape index (κ3) is 43.9. The minimum atomic E-state index is -4.27. The van der Waals surface area contributed by atoms with Gasteiger partial charge in [0.25, 0.3) is 0 Å². The molecule has 0 bridgehead atoms. The SMILES string of the molecule is CCCCCC/C=C\C/C=C\CCCCCCCCCCOCC(COP(=O)(O)OCC[N+](C)(C)C)OC(=O)CCCCCCCCCCCCCCCC. The molecular formula is C46H91NO7P+. The van der Waals surface area contributed by atoms with Crippen LogP contribution in [0.2, 0.25) is 0 Å². The molecule has 0 aromatic heterocycles. The maximum Gasteiger partial charge on any atom is 0.472 e. The van der Waals surface area contributed by atoms with E-state index in [0.717, 1.165) is 38.5 Å². The van der Waals surface area contributed by atoms with E-state index in [1.807, 2.05) is 21.1 Å². The fourth-order valence-corrected chi connectivity index (χ4v) is 7.15. The molecule has 0 amide bonds. The molecule has 0 aliphatic carbocycles. The predicted octanol–water partition coefficient (Wildman–Crippen LogP) is 13.6. The molecule has 0 aliphatic rings. The zero-order chi connectivity index (χ0) is 40.6. The Bertz CT molecular complexity index is 936. The van der Waals surface area contributed by atoms with E-state index in [9.17, 15) is 14.3 Å². The highest BCUT2D eigenvalue weighted by Gasteiger charge is 2.26. The van der Waals surface area contributed by atoms with Crippen LogP contribution in [0, 0.1) is 0 Å². The van der Waals surface area contributed by atoms with Gasteiger partial charge in [-0.25, -0.2) is 4.57 Å². The molecule has 0 saturated heterocycles. The fraction of sp³-hybridized carbons (Fsp3) is 0.891. The normalized spacial score (nSPS) is 13.9. The number of esters is 1. The Morgan fingerprint density at radius 2 is 1.00 bits per heavy atom. The van der Waals surface area contributed by atoms with Gasteiger partial charge in [0.1, 0.15) is 19.3 Å².